The van der Waals surface area contributed by atoms with Gasteiger partial charge in [-0.15, -0.1) is 0 Å². The summed E-state index contributed by atoms with van der Waals surface area (Å²) < 4.78 is 10.1. The van der Waals surface area contributed by atoms with Crippen LogP contribution in [0.25, 0.3) is 0 Å². The molecule has 1 atom stereocenters. The van der Waals surface area contributed by atoms with E-state index in [0.29, 0.717) is 0 Å². The molecule has 70 valence electrons. The Balaban J connectivity index is 4.24. The summed E-state index contributed by atoms with van der Waals surface area (Å²) in [5.74, 6) is -3.91. The molecule has 8 heteroatoms. The molecule has 0 bridgehead atoms. The fourth-order valence-corrected chi connectivity index (χ4v) is 1.06. The highest BCUT2D eigenvalue weighted by Crippen LogP contribution is 2.34. The first-order valence-corrected chi connectivity index (χ1v) is 4.51. The number of Topliss-reactive ketones (excluding diaryl/α,β-unsaturated/α-hetero) is 1. The van der Waals surface area contributed by atoms with Gasteiger partial charge in [0.2, 0.25) is 5.78 Å². The summed E-state index contributed by atoms with van der Waals surface area (Å²) >= 11 is 0. The minimum absolute atomic E-state index is 1.21. The molecular weight excluding hydrogens is 191 g/mol. The van der Waals surface area contributed by atoms with Gasteiger partial charge in [-0.1, -0.05) is 0 Å². The SMILES string of the molecule is O=C([O-])C(=O)C(O)CP(=O)(O)O. The maximum Gasteiger partial charge on any atom is 0.328 e. The Morgan fingerprint density at radius 3 is 2.08 bits per heavy atom. The number of carboxylic acids is 1. The molecule has 12 heavy (non-hydrogen) atoms. The standard InChI is InChI=1S/C4H7O7P/c5-2(1-12(9,10)11)3(6)4(7)8/h2,5H,1H2,(H,7,8)(H2,9,10,11)/p-1. The van der Waals surface area contributed by atoms with E-state index in [4.69, 9.17) is 14.9 Å². The smallest absolute Gasteiger partial charge is 0.328 e. The van der Waals surface area contributed by atoms with Gasteiger partial charge in [0.05, 0.1) is 6.16 Å². The molecule has 0 fully saturated rings. The Morgan fingerprint density at radius 2 is 1.83 bits per heavy atom. The van der Waals surface area contributed by atoms with E-state index < -0.39 is 31.6 Å². The lowest BCUT2D eigenvalue weighted by Crippen LogP contribution is -2.40. The van der Waals surface area contributed by atoms with Crippen molar-refractivity contribution in [3.8, 4) is 0 Å². The summed E-state index contributed by atoms with van der Waals surface area (Å²) in [4.78, 5) is 36.4. The van der Waals surface area contributed by atoms with Crippen LogP contribution in [0.2, 0.25) is 0 Å². The van der Waals surface area contributed by atoms with Crippen LogP contribution in [0.5, 0.6) is 0 Å². The third-order valence-electron chi connectivity index (χ3n) is 0.915. The highest BCUT2D eigenvalue weighted by atomic mass is 31.2. The third kappa shape index (κ3) is 4.20. The van der Waals surface area contributed by atoms with Crippen LogP contribution < -0.4 is 5.11 Å². The van der Waals surface area contributed by atoms with Gasteiger partial charge in [0, 0.05) is 0 Å². The lowest BCUT2D eigenvalue weighted by molar-refractivity contribution is -0.300. The van der Waals surface area contributed by atoms with Gasteiger partial charge < -0.3 is 24.8 Å². The van der Waals surface area contributed by atoms with Gasteiger partial charge >= 0.3 is 7.60 Å². The second-order valence-corrected chi connectivity index (χ2v) is 3.71. The van der Waals surface area contributed by atoms with Crippen molar-refractivity contribution in [2.75, 3.05) is 6.16 Å². The van der Waals surface area contributed by atoms with E-state index in [0.717, 1.165) is 0 Å². The first-order chi connectivity index (χ1) is 5.24. The zero-order chi connectivity index (χ0) is 9.94. The number of rotatable bonds is 4. The van der Waals surface area contributed by atoms with Gasteiger partial charge in [0.25, 0.3) is 0 Å². The molecule has 3 N–H and O–H groups in total. The van der Waals surface area contributed by atoms with Crippen LogP contribution in [-0.4, -0.2) is 38.9 Å². The Labute approximate surface area is 66.8 Å². The highest BCUT2D eigenvalue weighted by Gasteiger charge is 2.25. The van der Waals surface area contributed by atoms with E-state index in [1.807, 2.05) is 0 Å². The van der Waals surface area contributed by atoms with Crippen molar-refractivity contribution in [1.82, 2.24) is 0 Å². The second-order valence-electron chi connectivity index (χ2n) is 2.01. The summed E-state index contributed by atoms with van der Waals surface area (Å²) in [6.07, 6.45) is -3.42. The number of carbonyl (C=O) groups is 2. The summed E-state index contributed by atoms with van der Waals surface area (Å²) in [5, 5.41) is 18.3. The van der Waals surface area contributed by atoms with Crippen LogP contribution in [-0.2, 0) is 14.2 Å². The van der Waals surface area contributed by atoms with Crippen LogP contribution in [0.1, 0.15) is 0 Å². The number of aliphatic carboxylic acids is 1. The lowest BCUT2D eigenvalue weighted by Gasteiger charge is -2.10. The number of aliphatic hydroxyl groups is 1. The Kier molecular flexibility index (Phi) is 3.54. The molecule has 0 aromatic rings. The molecule has 0 aliphatic heterocycles. The molecule has 0 radical (unpaired) electrons. The number of hydrogen-bond donors (Lipinski definition) is 3. The van der Waals surface area contributed by atoms with Crippen molar-refractivity contribution in [2.45, 2.75) is 6.10 Å². The molecule has 0 spiro atoms. The fourth-order valence-electron chi connectivity index (χ4n) is 0.444. The third-order valence-corrected chi connectivity index (χ3v) is 1.74. The van der Waals surface area contributed by atoms with Gasteiger partial charge in [-0.05, 0) is 0 Å². The average molecular weight is 197 g/mol. The predicted molar refractivity (Wildman–Crippen MR) is 32.9 cm³/mol. The van der Waals surface area contributed by atoms with E-state index in [2.05, 4.69) is 0 Å². The molecule has 0 saturated carbocycles. The van der Waals surface area contributed by atoms with Gasteiger partial charge in [-0.25, -0.2) is 0 Å². The van der Waals surface area contributed by atoms with Crippen LogP contribution in [0.3, 0.4) is 0 Å². The Hall–Kier alpha value is -0.750. The van der Waals surface area contributed by atoms with E-state index in [1.54, 1.807) is 0 Å². The Bertz CT molecular complexity index is 240. The van der Waals surface area contributed by atoms with E-state index >= 15 is 0 Å². The molecule has 0 aromatic carbocycles. The van der Waals surface area contributed by atoms with Crippen molar-refractivity contribution in [1.29, 1.82) is 0 Å². The first kappa shape index (κ1) is 11.2. The first-order valence-electron chi connectivity index (χ1n) is 2.72. The molecule has 7 nitrogen and oxygen atoms in total. The average Bonchev–Trinajstić information content (AvgIpc) is 1.82. The van der Waals surface area contributed by atoms with Gasteiger partial charge in [-0.3, -0.25) is 9.36 Å². The van der Waals surface area contributed by atoms with Gasteiger partial charge in [0.15, 0.2) is 0 Å². The number of carboxylic acid groups (broad SMARTS) is 1. The molecule has 0 aromatic heterocycles. The normalized spacial score (nSPS) is 13.9. The second kappa shape index (κ2) is 3.77. The molecule has 0 aliphatic carbocycles. The van der Waals surface area contributed by atoms with Crippen LogP contribution >= 0.6 is 7.60 Å². The van der Waals surface area contributed by atoms with Crippen molar-refractivity contribution in [3.05, 3.63) is 0 Å². The zero-order valence-corrected chi connectivity index (χ0v) is 6.60. The van der Waals surface area contributed by atoms with E-state index in [-0.39, 0.29) is 0 Å². The monoisotopic (exact) mass is 197 g/mol. The number of ketones is 1. The van der Waals surface area contributed by atoms with Crippen molar-refractivity contribution in [2.24, 2.45) is 0 Å². The number of hydrogen-bond acceptors (Lipinski definition) is 5. The predicted octanol–water partition coefficient (Wildman–Crippen LogP) is -3.16. The summed E-state index contributed by atoms with van der Waals surface area (Å²) in [5.41, 5.74) is 0. The summed E-state index contributed by atoms with van der Waals surface area (Å²) in [6.45, 7) is 0. The van der Waals surface area contributed by atoms with Crippen LogP contribution in [0, 0.1) is 0 Å². The highest BCUT2D eigenvalue weighted by molar-refractivity contribution is 7.51. The van der Waals surface area contributed by atoms with Gasteiger partial charge in [0.1, 0.15) is 12.1 Å². The molecular formula is C4H6O7P-. The maximum atomic E-state index is 10.3. The summed E-state index contributed by atoms with van der Waals surface area (Å²) in [6, 6.07) is 0. The van der Waals surface area contributed by atoms with Crippen molar-refractivity contribution >= 4 is 19.3 Å². The number of carbonyl (C=O) groups excluding carboxylic acids is 2. The summed E-state index contributed by atoms with van der Waals surface area (Å²) in [7, 11) is -4.58. The maximum absolute atomic E-state index is 10.3. The van der Waals surface area contributed by atoms with Crippen molar-refractivity contribution in [3.63, 3.8) is 0 Å². The van der Waals surface area contributed by atoms with E-state index in [9.17, 15) is 19.3 Å². The molecule has 0 amide bonds. The quantitative estimate of drug-likeness (QED) is 0.319. The number of aliphatic hydroxyl groups excluding tert-OH is 1. The lowest BCUT2D eigenvalue weighted by atomic mass is 10.3. The van der Waals surface area contributed by atoms with Crippen LogP contribution in [0.4, 0.5) is 0 Å². The van der Waals surface area contributed by atoms with Crippen molar-refractivity contribution < 1.29 is 34.2 Å². The largest absolute Gasteiger partial charge is 0.542 e. The van der Waals surface area contributed by atoms with Gasteiger partial charge in [-0.2, -0.15) is 0 Å². The molecule has 0 heterocycles. The minimum Gasteiger partial charge on any atom is -0.542 e. The Morgan fingerprint density at radius 1 is 1.42 bits per heavy atom. The van der Waals surface area contributed by atoms with E-state index in [1.165, 1.54) is 0 Å². The fraction of sp³-hybridized carbons (Fsp3) is 0.500. The zero-order valence-electron chi connectivity index (χ0n) is 5.71. The molecule has 0 aliphatic rings. The molecule has 1 unspecified atom stereocenters. The molecule has 0 rings (SSSR count). The minimum atomic E-state index is -4.58. The topological polar surface area (TPSA) is 135 Å². The molecule has 0 saturated heterocycles. The van der Waals surface area contributed by atoms with Crippen LogP contribution in [0.15, 0.2) is 0 Å².